The lowest BCUT2D eigenvalue weighted by Gasteiger charge is -2.13. The summed E-state index contributed by atoms with van der Waals surface area (Å²) < 4.78 is 0. The van der Waals surface area contributed by atoms with E-state index in [0.29, 0.717) is 0 Å². The van der Waals surface area contributed by atoms with Crippen LogP contribution < -0.4 is 0 Å². The zero-order valence-electron chi connectivity index (χ0n) is 25.0. The van der Waals surface area contributed by atoms with Crippen LogP contribution in [-0.4, -0.2) is 19.9 Å². The zero-order chi connectivity index (χ0) is 29.1. The van der Waals surface area contributed by atoms with Crippen molar-refractivity contribution in [1.29, 1.82) is 0 Å². The number of hydrogen-bond donors (Lipinski definition) is 2. The second-order valence-corrected chi connectivity index (χ2v) is 11.8. The highest BCUT2D eigenvalue weighted by Crippen LogP contribution is 2.37. The number of aryl methyl sites for hydroxylation is 6. The number of hydrogen-bond acceptors (Lipinski definition) is 2. The van der Waals surface area contributed by atoms with Gasteiger partial charge in [-0.05, 0) is 136 Å². The van der Waals surface area contributed by atoms with Crippen LogP contribution >= 0.6 is 0 Å². The molecule has 2 aromatic carbocycles. The molecule has 0 aliphatic carbocycles. The Balaban J connectivity index is 1.59. The van der Waals surface area contributed by atoms with Crippen LogP contribution in [0, 0.1) is 41.5 Å². The minimum Gasteiger partial charge on any atom is -0.355 e. The number of aromatic nitrogens is 4. The van der Waals surface area contributed by atoms with E-state index < -0.39 is 0 Å². The molecule has 2 aliphatic heterocycles. The van der Waals surface area contributed by atoms with Gasteiger partial charge in [-0.15, -0.1) is 0 Å². The number of nitrogens with zero attached hydrogens (tertiary/aromatic N) is 2. The summed E-state index contributed by atoms with van der Waals surface area (Å²) in [5, 5.41) is 0. The van der Waals surface area contributed by atoms with Crippen LogP contribution in [-0.2, 0) is 0 Å². The first-order valence-corrected chi connectivity index (χ1v) is 14.5. The maximum atomic E-state index is 5.12. The van der Waals surface area contributed by atoms with E-state index in [1.54, 1.807) is 0 Å². The fourth-order valence-corrected chi connectivity index (χ4v) is 6.75. The highest BCUT2D eigenvalue weighted by atomic mass is 14.8. The number of rotatable bonds is 2. The van der Waals surface area contributed by atoms with Crippen molar-refractivity contribution >= 4 is 46.4 Å². The van der Waals surface area contributed by atoms with Crippen LogP contribution in [0.1, 0.15) is 56.2 Å². The van der Waals surface area contributed by atoms with Crippen molar-refractivity contribution < 1.29 is 0 Å². The Morgan fingerprint density at radius 2 is 0.833 bits per heavy atom. The zero-order valence-corrected chi connectivity index (χ0v) is 25.0. The molecule has 5 aromatic rings. The predicted molar refractivity (Wildman–Crippen MR) is 178 cm³/mol. The van der Waals surface area contributed by atoms with Crippen LogP contribution in [0.4, 0.5) is 0 Å². The number of benzene rings is 2. The molecule has 0 fully saturated rings. The summed E-state index contributed by atoms with van der Waals surface area (Å²) in [5.41, 5.74) is 20.0. The van der Waals surface area contributed by atoms with E-state index in [4.69, 9.17) is 9.97 Å². The van der Waals surface area contributed by atoms with Gasteiger partial charge < -0.3 is 9.97 Å². The van der Waals surface area contributed by atoms with E-state index in [1.807, 2.05) is 0 Å². The van der Waals surface area contributed by atoms with Gasteiger partial charge in [-0.25, -0.2) is 9.97 Å². The number of nitrogens with one attached hydrogen (secondary N) is 2. The van der Waals surface area contributed by atoms with Crippen molar-refractivity contribution in [1.82, 2.24) is 19.9 Å². The fraction of sp³-hybridized carbons (Fsp3) is 0.158. The Morgan fingerprint density at radius 3 is 1.26 bits per heavy atom. The minimum atomic E-state index is 0.912. The van der Waals surface area contributed by atoms with Crippen molar-refractivity contribution in [2.24, 2.45) is 0 Å². The van der Waals surface area contributed by atoms with Crippen molar-refractivity contribution in [2.45, 2.75) is 41.5 Å². The molecule has 0 radical (unpaired) electrons. The number of fused-ring (bicyclic) bond motifs is 8. The molecule has 0 saturated carbocycles. The molecule has 206 valence electrons. The van der Waals surface area contributed by atoms with E-state index >= 15 is 0 Å². The molecule has 0 amide bonds. The monoisotopic (exact) mass is 546 g/mol. The summed E-state index contributed by atoms with van der Waals surface area (Å²) in [6, 6.07) is 21.9. The molecule has 3 aromatic heterocycles. The maximum Gasteiger partial charge on any atom is 0.0738 e. The summed E-state index contributed by atoms with van der Waals surface area (Å²) in [5.74, 6) is 0. The molecule has 0 spiro atoms. The summed E-state index contributed by atoms with van der Waals surface area (Å²) >= 11 is 0. The lowest BCUT2D eigenvalue weighted by Crippen LogP contribution is -1.95. The average molecular weight is 547 g/mol. The van der Waals surface area contributed by atoms with Gasteiger partial charge in [0.25, 0.3) is 0 Å². The molecule has 42 heavy (non-hydrogen) atoms. The Morgan fingerprint density at radius 1 is 0.429 bits per heavy atom. The molecule has 7 rings (SSSR count). The van der Waals surface area contributed by atoms with Gasteiger partial charge >= 0.3 is 0 Å². The second kappa shape index (κ2) is 9.85. The third-order valence-electron chi connectivity index (χ3n) is 8.25. The third kappa shape index (κ3) is 4.50. The van der Waals surface area contributed by atoms with Crippen LogP contribution in [0.25, 0.3) is 68.6 Å². The Hall–Kier alpha value is -4.96. The molecule has 2 N–H and O–H groups in total. The third-order valence-corrected chi connectivity index (χ3v) is 8.25. The summed E-state index contributed by atoms with van der Waals surface area (Å²) in [6.45, 7) is 13.1. The van der Waals surface area contributed by atoms with Crippen LogP contribution in [0.15, 0.2) is 60.7 Å². The van der Waals surface area contributed by atoms with E-state index in [1.165, 1.54) is 44.5 Å². The SMILES string of the molecule is Cc1cc(C)c(-c2c3nc(cc4ccc([nH]4)c(-c4c(C)cc(C)cc4C)c4ccc(cc5nc2C=C5)[nH]4)C=C3)c(C)c1. The van der Waals surface area contributed by atoms with E-state index in [2.05, 4.69) is 136 Å². The number of H-pyrrole nitrogens is 2. The first kappa shape index (κ1) is 26.0. The van der Waals surface area contributed by atoms with Gasteiger partial charge in [0, 0.05) is 33.2 Å². The molecule has 5 heterocycles. The smallest absolute Gasteiger partial charge is 0.0738 e. The summed E-state index contributed by atoms with van der Waals surface area (Å²) in [6.07, 6.45) is 8.43. The second-order valence-electron chi connectivity index (χ2n) is 11.8. The van der Waals surface area contributed by atoms with Crippen LogP contribution in [0.3, 0.4) is 0 Å². The first-order chi connectivity index (χ1) is 20.2. The van der Waals surface area contributed by atoms with Crippen molar-refractivity contribution in [2.75, 3.05) is 0 Å². The van der Waals surface area contributed by atoms with Crippen molar-refractivity contribution in [3.8, 4) is 22.3 Å². The molecule has 4 heteroatoms. The van der Waals surface area contributed by atoms with Gasteiger partial charge in [0.15, 0.2) is 0 Å². The summed E-state index contributed by atoms with van der Waals surface area (Å²) in [4.78, 5) is 17.6. The highest BCUT2D eigenvalue weighted by Gasteiger charge is 2.18. The van der Waals surface area contributed by atoms with Gasteiger partial charge in [-0.2, -0.15) is 0 Å². The largest absolute Gasteiger partial charge is 0.355 e. The van der Waals surface area contributed by atoms with Gasteiger partial charge in [-0.1, -0.05) is 35.4 Å². The topological polar surface area (TPSA) is 57.4 Å². The Labute approximate surface area is 246 Å². The Bertz CT molecular complexity index is 2010. The van der Waals surface area contributed by atoms with Gasteiger partial charge in [-0.3, -0.25) is 0 Å². The summed E-state index contributed by atoms with van der Waals surface area (Å²) in [7, 11) is 0. The van der Waals surface area contributed by atoms with Gasteiger partial charge in [0.1, 0.15) is 0 Å². The van der Waals surface area contributed by atoms with Gasteiger partial charge in [0.05, 0.1) is 22.8 Å². The molecular formula is C38H34N4. The first-order valence-electron chi connectivity index (χ1n) is 14.5. The molecule has 8 bridgehead atoms. The highest BCUT2D eigenvalue weighted by molar-refractivity contribution is 5.96. The molecule has 0 saturated heterocycles. The number of aromatic amines is 2. The van der Waals surface area contributed by atoms with Crippen molar-refractivity contribution in [3.63, 3.8) is 0 Å². The molecule has 2 aliphatic rings. The molecular weight excluding hydrogens is 512 g/mol. The maximum absolute atomic E-state index is 5.12. The van der Waals surface area contributed by atoms with E-state index in [0.717, 1.165) is 56.0 Å². The van der Waals surface area contributed by atoms with E-state index in [-0.39, 0.29) is 0 Å². The van der Waals surface area contributed by atoms with Crippen LogP contribution in [0.2, 0.25) is 0 Å². The molecule has 0 atom stereocenters. The lowest BCUT2D eigenvalue weighted by molar-refractivity contribution is 1.25. The standard InChI is InChI=1S/C38H34N4/c1-21-15-23(3)35(24(4)16-21)37-31-11-7-27(39-31)19-29-9-13-33(41-29)38(36-25(5)17-22(2)18-26(36)6)34-14-10-30(42-34)20-28-8-12-32(37)40-28/h7-20,39-40H,1-6H3. The molecule has 0 unspecified atom stereocenters. The van der Waals surface area contributed by atoms with E-state index in [9.17, 15) is 0 Å². The predicted octanol–water partition coefficient (Wildman–Crippen LogP) is 9.84. The normalized spacial score (nSPS) is 12.3. The fourth-order valence-electron chi connectivity index (χ4n) is 6.75. The molecule has 4 nitrogen and oxygen atoms in total. The Kier molecular flexibility index (Phi) is 6.09. The quantitative estimate of drug-likeness (QED) is 0.227. The lowest BCUT2D eigenvalue weighted by atomic mass is 9.92. The average Bonchev–Trinajstić information content (AvgIpc) is 3.73. The van der Waals surface area contributed by atoms with Crippen molar-refractivity contribution in [3.05, 3.63) is 117 Å². The van der Waals surface area contributed by atoms with Gasteiger partial charge in [0.2, 0.25) is 0 Å². The van der Waals surface area contributed by atoms with Crippen LogP contribution in [0.5, 0.6) is 0 Å². The minimum absolute atomic E-state index is 0.912.